The van der Waals surface area contributed by atoms with Crippen LogP contribution in [0, 0.1) is 0 Å². The molecule has 0 aliphatic carbocycles. The Morgan fingerprint density at radius 3 is 2.54 bits per heavy atom. The van der Waals surface area contributed by atoms with Crippen molar-refractivity contribution in [1.82, 2.24) is 5.32 Å². The number of hydrogen-bond donors (Lipinski definition) is 3. The van der Waals surface area contributed by atoms with Gasteiger partial charge in [-0.2, -0.15) is 0 Å². The SMILES string of the molecule is CCCCC(NC(=O)CN)C(=O)O. The predicted molar refractivity (Wildman–Crippen MR) is 48.1 cm³/mol. The maximum Gasteiger partial charge on any atom is 0.326 e. The first-order valence-electron chi connectivity index (χ1n) is 4.34. The summed E-state index contributed by atoms with van der Waals surface area (Å²) in [5.41, 5.74) is 5.04. The molecule has 0 saturated carbocycles. The molecule has 0 aromatic carbocycles. The minimum Gasteiger partial charge on any atom is -0.480 e. The molecule has 1 atom stereocenters. The third kappa shape index (κ3) is 5.19. The zero-order valence-corrected chi connectivity index (χ0v) is 7.75. The van der Waals surface area contributed by atoms with Crippen molar-refractivity contribution in [2.75, 3.05) is 6.54 Å². The molecule has 0 bridgehead atoms. The average molecular weight is 188 g/mol. The van der Waals surface area contributed by atoms with E-state index >= 15 is 0 Å². The van der Waals surface area contributed by atoms with Crippen LogP contribution in [0.15, 0.2) is 0 Å². The van der Waals surface area contributed by atoms with E-state index in [1.807, 2.05) is 6.92 Å². The maximum atomic E-state index is 10.8. The Bertz CT molecular complexity index is 182. The van der Waals surface area contributed by atoms with Crippen molar-refractivity contribution in [3.63, 3.8) is 0 Å². The molecular formula is C8H16N2O3. The smallest absolute Gasteiger partial charge is 0.326 e. The van der Waals surface area contributed by atoms with Crippen molar-refractivity contribution in [3.05, 3.63) is 0 Å². The fourth-order valence-corrected chi connectivity index (χ4v) is 0.919. The molecule has 5 nitrogen and oxygen atoms in total. The Morgan fingerprint density at radius 2 is 2.15 bits per heavy atom. The Morgan fingerprint density at radius 1 is 1.54 bits per heavy atom. The van der Waals surface area contributed by atoms with E-state index in [0.29, 0.717) is 6.42 Å². The number of rotatable bonds is 6. The summed E-state index contributed by atoms with van der Waals surface area (Å²) in [4.78, 5) is 21.4. The molecule has 0 rings (SSSR count). The van der Waals surface area contributed by atoms with Crippen molar-refractivity contribution in [1.29, 1.82) is 0 Å². The monoisotopic (exact) mass is 188 g/mol. The van der Waals surface area contributed by atoms with Crippen molar-refractivity contribution in [3.8, 4) is 0 Å². The Balaban J connectivity index is 3.94. The van der Waals surface area contributed by atoms with E-state index in [4.69, 9.17) is 10.8 Å². The molecule has 13 heavy (non-hydrogen) atoms. The van der Waals surface area contributed by atoms with Gasteiger partial charge in [-0.05, 0) is 6.42 Å². The topological polar surface area (TPSA) is 92.4 Å². The fraction of sp³-hybridized carbons (Fsp3) is 0.750. The van der Waals surface area contributed by atoms with Crippen LogP contribution in [0.5, 0.6) is 0 Å². The highest BCUT2D eigenvalue weighted by Crippen LogP contribution is 2.00. The number of carboxylic acids is 1. The van der Waals surface area contributed by atoms with Crippen LogP contribution >= 0.6 is 0 Å². The van der Waals surface area contributed by atoms with Crippen LogP contribution in [0.3, 0.4) is 0 Å². The highest BCUT2D eigenvalue weighted by Gasteiger charge is 2.17. The number of carboxylic acid groups (broad SMARTS) is 1. The van der Waals surface area contributed by atoms with Gasteiger partial charge in [-0.25, -0.2) is 4.79 Å². The van der Waals surface area contributed by atoms with Gasteiger partial charge < -0.3 is 16.2 Å². The average Bonchev–Trinajstić information content (AvgIpc) is 2.11. The number of nitrogens with one attached hydrogen (secondary N) is 1. The number of unbranched alkanes of at least 4 members (excludes halogenated alkanes) is 1. The zero-order chi connectivity index (χ0) is 10.3. The molecule has 0 radical (unpaired) electrons. The van der Waals surface area contributed by atoms with Crippen molar-refractivity contribution < 1.29 is 14.7 Å². The number of carbonyl (C=O) groups excluding carboxylic acids is 1. The largest absolute Gasteiger partial charge is 0.480 e. The second-order valence-electron chi connectivity index (χ2n) is 2.80. The van der Waals surface area contributed by atoms with Crippen LogP contribution in [-0.2, 0) is 9.59 Å². The van der Waals surface area contributed by atoms with Crippen molar-refractivity contribution in [2.24, 2.45) is 5.73 Å². The van der Waals surface area contributed by atoms with Crippen molar-refractivity contribution in [2.45, 2.75) is 32.2 Å². The summed E-state index contributed by atoms with van der Waals surface area (Å²) in [7, 11) is 0. The van der Waals surface area contributed by atoms with Gasteiger partial charge in [0.1, 0.15) is 6.04 Å². The molecule has 0 aliphatic heterocycles. The molecule has 0 aromatic rings. The molecule has 0 aromatic heterocycles. The summed E-state index contributed by atoms with van der Waals surface area (Å²) >= 11 is 0. The van der Waals surface area contributed by atoms with E-state index in [9.17, 15) is 9.59 Å². The van der Waals surface area contributed by atoms with E-state index in [1.165, 1.54) is 0 Å². The van der Waals surface area contributed by atoms with Crippen LogP contribution in [0.4, 0.5) is 0 Å². The summed E-state index contributed by atoms with van der Waals surface area (Å²) in [6.45, 7) is 1.79. The van der Waals surface area contributed by atoms with Crippen molar-refractivity contribution >= 4 is 11.9 Å². The molecule has 1 amide bonds. The molecular weight excluding hydrogens is 172 g/mol. The first kappa shape index (κ1) is 11.9. The summed E-state index contributed by atoms with van der Waals surface area (Å²) in [5.74, 6) is -1.43. The minimum absolute atomic E-state index is 0.171. The first-order chi connectivity index (χ1) is 6.11. The van der Waals surface area contributed by atoms with Gasteiger partial charge in [0.15, 0.2) is 0 Å². The van der Waals surface area contributed by atoms with Crippen LogP contribution in [-0.4, -0.2) is 29.6 Å². The number of amides is 1. The molecule has 1 unspecified atom stereocenters. The summed E-state index contributed by atoms with van der Waals surface area (Å²) in [6, 6.07) is -0.795. The van der Waals surface area contributed by atoms with Crippen LogP contribution in [0.25, 0.3) is 0 Å². The zero-order valence-electron chi connectivity index (χ0n) is 7.75. The lowest BCUT2D eigenvalue weighted by Gasteiger charge is -2.12. The van der Waals surface area contributed by atoms with E-state index in [0.717, 1.165) is 12.8 Å². The lowest BCUT2D eigenvalue weighted by molar-refractivity contribution is -0.141. The van der Waals surface area contributed by atoms with Gasteiger partial charge in [-0.1, -0.05) is 19.8 Å². The lowest BCUT2D eigenvalue weighted by Crippen LogP contribution is -2.43. The molecule has 76 valence electrons. The van der Waals surface area contributed by atoms with Crippen LogP contribution < -0.4 is 11.1 Å². The molecule has 0 fully saturated rings. The second kappa shape index (κ2) is 6.42. The molecule has 4 N–H and O–H groups in total. The summed E-state index contributed by atoms with van der Waals surface area (Å²) in [5, 5.41) is 11.0. The van der Waals surface area contributed by atoms with Gasteiger partial charge >= 0.3 is 5.97 Å². The molecule has 0 aliphatic rings. The van der Waals surface area contributed by atoms with E-state index in [1.54, 1.807) is 0 Å². The Labute approximate surface area is 77.3 Å². The quantitative estimate of drug-likeness (QED) is 0.533. The number of hydrogen-bond acceptors (Lipinski definition) is 3. The Kier molecular flexibility index (Phi) is 5.88. The summed E-state index contributed by atoms with van der Waals surface area (Å²) in [6.07, 6.45) is 2.14. The van der Waals surface area contributed by atoms with E-state index in [-0.39, 0.29) is 6.54 Å². The molecule has 0 saturated heterocycles. The standard InChI is InChI=1S/C8H16N2O3/c1-2-3-4-6(8(12)13)10-7(11)5-9/h6H,2-5,9H2,1H3,(H,10,11)(H,12,13). The number of carbonyl (C=O) groups is 2. The minimum atomic E-state index is -1.00. The van der Waals surface area contributed by atoms with Gasteiger partial charge in [0.2, 0.25) is 5.91 Å². The van der Waals surface area contributed by atoms with E-state index < -0.39 is 17.9 Å². The second-order valence-corrected chi connectivity index (χ2v) is 2.80. The van der Waals surface area contributed by atoms with E-state index in [2.05, 4.69) is 5.32 Å². The first-order valence-corrected chi connectivity index (χ1v) is 4.34. The predicted octanol–water partition coefficient (Wildman–Crippen LogP) is -0.295. The van der Waals surface area contributed by atoms with Gasteiger partial charge in [0.05, 0.1) is 6.54 Å². The normalized spacial score (nSPS) is 12.2. The lowest BCUT2D eigenvalue weighted by atomic mass is 10.1. The molecule has 0 spiro atoms. The fourth-order valence-electron chi connectivity index (χ4n) is 0.919. The van der Waals surface area contributed by atoms with Crippen LogP contribution in [0.1, 0.15) is 26.2 Å². The number of nitrogens with two attached hydrogens (primary N) is 1. The third-order valence-corrected chi connectivity index (χ3v) is 1.67. The Hall–Kier alpha value is -1.10. The summed E-state index contributed by atoms with van der Waals surface area (Å²) < 4.78 is 0. The number of aliphatic carboxylic acids is 1. The maximum absolute atomic E-state index is 10.8. The highest BCUT2D eigenvalue weighted by molar-refractivity contribution is 5.84. The van der Waals surface area contributed by atoms with Gasteiger partial charge in [-0.3, -0.25) is 4.79 Å². The molecule has 5 heteroatoms. The highest BCUT2D eigenvalue weighted by atomic mass is 16.4. The van der Waals surface area contributed by atoms with Gasteiger partial charge in [0.25, 0.3) is 0 Å². The van der Waals surface area contributed by atoms with Gasteiger partial charge in [0, 0.05) is 0 Å². The van der Waals surface area contributed by atoms with Crippen LogP contribution in [0.2, 0.25) is 0 Å². The van der Waals surface area contributed by atoms with Gasteiger partial charge in [-0.15, -0.1) is 0 Å². The molecule has 0 heterocycles. The third-order valence-electron chi connectivity index (χ3n) is 1.67.